The van der Waals surface area contributed by atoms with Gasteiger partial charge >= 0.3 is 0 Å². The van der Waals surface area contributed by atoms with Crippen LogP contribution in [-0.4, -0.2) is 47.6 Å². The molecule has 2 aromatic carbocycles. The number of rotatable bonds is 5. The second kappa shape index (κ2) is 8.05. The van der Waals surface area contributed by atoms with Crippen LogP contribution in [0.2, 0.25) is 0 Å². The Morgan fingerprint density at radius 2 is 1.62 bits per heavy atom. The predicted octanol–water partition coefficient (Wildman–Crippen LogP) is 2.09. The lowest BCUT2D eigenvalue weighted by molar-refractivity contribution is 0.249. The molecule has 3 aromatic rings. The largest absolute Gasteiger partial charge is 0.495 e. The Bertz CT molecular complexity index is 1030. The molecule has 0 bridgehead atoms. The number of nitrogens with zero attached hydrogens (tertiary/aromatic N) is 4. The quantitative estimate of drug-likeness (QED) is 0.719. The van der Waals surface area contributed by atoms with Crippen molar-refractivity contribution < 1.29 is 4.74 Å². The number of hydrogen-bond acceptors (Lipinski definition) is 5. The van der Waals surface area contributed by atoms with Crippen LogP contribution in [0, 0.1) is 0 Å². The van der Waals surface area contributed by atoms with Crippen LogP contribution in [0.25, 0.3) is 5.69 Å². The average Bonchev–Trinajstić information content (AvgIpc) is 2.98. The van der Waals surface area contributed by atoms with Gasteiger partial charge in [0.25, 0.3) is 5.56 Å². The van der Waals surface area contributed by atoms with E-state index in [9.17, 15) is 4.79 Å². The number of nitrogen functional groups attached to an aromatic ring is 1. The van der Waals surface area contributed by atoms with Gasteiger partial charge in [-0.1, -0.05) is 30.3 Å². The lowest BCUT2D eigenvalue weighted by Crippen LogP contribution is -2.46. The summed E-state index contributed by atoms with van der Waals surface area (Å²) >= 11 is 0. The maximum absolute atomic E-state index is 13.1. The highest BCUT2D eigenvalue weighted by Gasteiger charge is 2.23. The number of anilines is 2. The average molecular weight is 393 g/mol. The van der Waals surface area contributed by atoms with Crippen molar-refractivity contribution in [1.82, 2.24) is 14.3 Å². The van der Waals surface area contributed by atoms with E-state index in [1.807, 2.05) is 55.6 Å². The Morgan fingerprint density at radius 1 is 0.966 bits per heavy atom. The van der Waals surface area contributed by atoms with E-state index in [0.29, 0.717) is 17.9 Å². The normalized spacial score (nSPS) is 14.9. The van der Waals surface area contributed by atoms with Gasteiger partial charge in [-0.25, -0.2) is 4.68 Å². The molecule has 1 aliphatic heterocycles. The van der Waals surface area contributed by atoms with Crippen molar-refractivity contribution in [1.29, 1.82) is 0 Å². The first-order valence-electron chi connectivity index (χ1n) is 9.82. The predicted molar refractivity (Wildman–Crippen MR) is 116 cm³/mol. The molecule has 29 heavy (non-hydrogen) atoms. The molecule has 152 valence electrons. The third-order valence-corrected chi connectivity index (χ3v) is 5.59. The molecule has 7 nitrogen and oxygen atoms in total. The molecule has 1 fully saturated rings. The summed E-state index contributed by atoms with van der Waals surface area (Å²) in [6, 6.07) is 17.7. The number of hydrogen-bond donors (Lipinski definition) is 1. The summed E-state index contributed by atoms with van der Waals surface area (Å²) in [4.78, 5) is 17.7. The molecule has 0 spiro atoms. The Kier molecular flexibility index (Phi) is 5.31. The van der Waals surface area contributed by atoms with E-state index in [2.05, 4.69) is 15.9 Å². The molecule has 0 aliphatic carbocycles. The van der Waals surface area contributed by atoms with E-state index >= 15 is 0 Å². The van der Waals surface area contributed by atoms with E-state index in [-0.39, 0.29) is 5.56 Å². The molecule has 0 saturated carbocycles. The zero-order chi connectivity index (χ0) is 20.4. The fraction of sp³-hybridized carbons (Fsp3) is 0.318. The summed E-state index contributed by atoms with van der Waals surface area (Å²) < 4.78 is 8.86. The standard InChI is InChI=1S/C22H27N5O2/c1-24-21(23)18(22(28)27(24)17-8-4-3-5-9-17)16-25-12-14-26(15-13-25)19-10-6-7-11-20(19)29-2/h3-11H,12-16,23H2,1-2H3. The molecule has 1 saturated heterocycles. The van der Waals surface area contributed by atoms with Crippen LogP contribution in [0.5, 0.6) is 5.75 Å². The van der Waals surface area contributed by atoms with E-state index in [1.54, 1.807) is 16.5 Å². The van der Waals surface area contributed by atoms with E-state index < -0.39 is 0 Å². The number of piperazine rings is 1. The van der Waals surface area contributed by atoms with E-state index in [0.717, 1.165) is 43.3 Å². The number of ether oxygens (including phenoxy) is 1. The lowest BCUT2D eigenvalue weighted by Gasteiger charge is -2.36. The van der Waals surface area contributed by atoms with Gasteiger partial charge in [0.05, 0.1) is 24.0 Å². The van der Waals surface area contributed by atoms with Crippen molar-refractivity contribution in [2.45, 2.75) is 6.54 Å². The van der Waals surface area contributed by atoms with Gasteiger partial charge in [-0.2, -0.15) is 0 Å². The summed E-state index contributed by atoms with van der Waals surface area (Å²) in [7, 11) is 3.53. The fourth-order valence-corrected chi connectivity index (χ4v) is 3.95. The second-order valence-electron chi connectivity index (χ2n) is 7.27. The van der Waals surface area contributed by atoms with Crippen molar-refractivity contribution in [3.8, 4) is 11.4 Å². The topological polar surface area (TPSA) is 68.7 Å². The van der Waals surface area contributed by atoms with Crippen LogP contribution in [0.4, 0.5) is 11.5 Å². The number of para-hydroxylation sites is 3. The van der Waals surface area contributed by atoms with Gasteiger partial charge in [-0.3, -0.25) is 14.4 Å². The van der Waals surface area contributed by atoms with Crippen LogP contribution < -0.4 is 20.9 Å². The fourth-order valence-electron chi connectivity index (χ4n) is 3.95. The van der Waals surface area contributed by atoms with Crippen LogP contribution in [0.1, 0.15) is 5.56 Å². The molecule has 0 atom stereocenters. The van der Waals surface area contributed by atoms with Gasteiger partial charge in [0.15, 0.2) is 0 Å². The summed E-state index contributed by atoms with van der Waals surface area (Å²) in [6.45, 7) is 4.02. The number of aromatic nitrogens is 2. The summed E-state index contributed by atoms with van der Waals surface area (Å²) in [5.74, 6) is 1.41. The third-order valence-electron chi connectivity index (χ3n) is 5.59. The summed E-state index contributed by atoms with van der Waals surface area (Å²) in [5, 5.41) is 0. The highest BCUT2D eigenvalue weighted by atomic mass is 16.5. The molecule has 0 amide bonds. The lowest BCUT2D eigenvalue weighted by atomic mass is 10.2. The molecule has 1 aromatic heterocycles. The van der Waals surface area contributed by atoms with Crippen LogP contribution in [0.15, 0.2) is 59.4 Å². The highest BCUT2D eigenvalue weighted by Crippen LogP contribution is 2.28. The van der Waals surface area contributed by atoms with Gasteiger partial charge in [-0.15, -0.1) is 0 Å². The minimum atomic E-state index is -0.0524. The molecule has 4 rings (SSSR count). The van der Waals surface area contributed by atoms with Crippen molar-refractivity contribution in [3.63, 3.8) is 0 Å². The zero-order valence-corrected chi connectivity index (χ0v) is 16.9. The molecular weight excluding hydrogens is 366 g/mol. The van der Waals surface area contributed by atoms with Crippen molar-refractivity contribution in [2.75, 3.05) is 43.9 Å². The maximum atomic E-state index is 13.1. The van der Waals surface area contributed by atoms with Gasteiger partial charge in [-0.05, 0) is 24.3 Å². The Morgan fingerprint density at radius 3 is 2.31 bits per heavy atom. The van der Waals surface area contributed by atoms with Crippen molar-refractivity contribution in [3.05, 3.63) is 70.5 Å². The van der Waals surface area contributed by atoms with E-state index in [4.69, 9.17) is 10.5 Å². The molecule has 0 radical (unpaired) electrons. The first-order chi connectivity index (χ1) is 14.1. The summed E-state index contributed by atoms with van der Waals surface area (Å²) in [6.07, 6.45) is 0. The molecule has 1 aliphatic rings. The SMILES string of the molecule is COc1ccccc1N1CCN(Cc2c(N)n(C)n(-c3ccccc3)c2=O)CC1. The van der Waals surface area contributed by atoms with Gasteiger partial charge < -0.3 is 15.4 Å². The van der Waals surface area contributed by atoms with Crippen LogP contribution in [-0.2, 0) is 13.6 Å². The molecule has 7 heteroatoms. The Balaban J connectivity index is 1.50. The first-order valence-corrected chi connectivity index (χ1v) is 9.82. The van der Waals surface area contributed by atoms with Crippen molar-refractivity contribution >= 4 is 11.5 Å². The molecular formula is C22H27N5O2. The number of nitrogens with two attached hydrogens (primary N) is 1. The first kappa shape index (κ1) is 19.1. The highest BCUT2D eigenvalue weighted by molar-refractivity contribution is 5.58. The van der Waals surface area contributed by atoms with Gasteiger partial charge in [0, 0.05) is 39.8 Å². The molecule has 2 N–H and O–H groups in total. The Hall–Kier alpha value is -3.19. The second-order valence-corrected chi connectivity index (χ2v) is 7.27. The molecule has 0 unspecified atom stereocenters. The van der Waals surface area contributed by atoms with Gasteiger partial charge in [0.1, 0.15) is 11.6 Å². The summed E-state index contributed by atoms with van der Waals surface area (Å²) in [5.41, 5.74) is 8.84. The van der Waals surface area contributed by atoms with Crippen LogP contribution >= 0.6 is 0 Å². The van der Waals surface area contributed by atoms with Gasteiger partial charge in [0.2, 0.25) is 0 Å². The maximum Gasteiger partial charge on any atom is 0.278 e. The van der Waals surface area contributed by atoms with Crippen LogP contribution in [0.3, 0.4) is 0 Å². The zero-order valence-electron chi connectivity index (χ0n) is 16.9. The monoisotopic (exact) mass is 393 g/mol. The minimum Gasteiger partial charge on any atom is -0.495 e. The Labute approximate surface area is 170 Å². The smallest absolute Gasteiger partial charge is 0.278 e. The molecule has 2 heterocycles. The third kappa shape index (κ3) is 3.61. The number of methoxy groups -OCH3 is 1. The number of benzene rings is 2. The van der Waals surface area contributed by atoms with Crippen molar-refractivity contribution in [2.24, 2.45) is 7.05 Å². The van der Waals surface area contributed by atoms with E-state index in [1.165, 1.54) is 0 Å². The minimum absolute atomic E-state index is 0.0524.